The van der Waals surface area contributed by atoms with Crippen LogP contribution in [0, 0.1) is 50.2 Å². The molecule has 9 fully saturated rings. The molecule has 0 aromatic rings. The van der Waals surface area contributed by atoms with Gasteiger partial charge in [-0.2, -0.15) is 0 Å². The highest BCUT2D eigenvalue weighted by Gasteiger charge is 2.70. The van der Waals surface area contributed by atoms with E-state index < -0.39 is 201 Å². The lowest BCUT2D eigenvalue weighted by atomic mass is 9.33. The molecule has 0 radical (unpaired) electrons. The Kier molecular flexibility index (Phi) is 19.1. The maximum atomic E-state index is 15.2. The standard InChI is InChI=1S/C60H96O27/c1-23-32(62)35(65)39(69)50(79-23)84-45-27(21-61)81-49(42(72)38(45)68)78-22-28-34(64)37(67)41(71)52(82-28)87-54(77)60-18-16-55(3,4)20-26(60)25-10-11-30-57(7)14-13-31(56(5,6)29(57)12-15-59(30,9)58(25,8)17-19-60)83-53-44(74)46(43(73)47(86-53)48(75)76)85-51-40(70)36(66)33(63)24(2)80-51/h10,23-24,26-47,49-53,61-74H,11-22H2,1-9H3,(H,75,76)/t23-,24-,26+,27+,28+,29?,30+,31-,32-,33-,34+,35+,36+,37-,38+,39+,40+,41+,42+,43-,44+,45+,46-,47-,49+,50-,51-,52-,53+,57-,58+,59+,60-/m0/s1. The molecule has 10 aliphatic rings. The fourth-order valence-corrected chi connectivity index (χ4v) is 17.8. The number of aliphatic hydroxyl groups excluding tert-OH is 14. The highest BCUT2D eigenvalue weighted by molar-refractivity contribution is 5.79. The quantitative estimate of drug-likeness (QED) is 0.0535. The molecule has 1 unspecified atom stereocenters. The molecule has 15 N–H and O–H groups in total. The van der Waals surface area contributed by atoms with Crippen LogP contribution in [0.5, 0.6) is 0 Å². The second kappa shape index (κ2) is 24.6. The molecule has 0 amide bonds. The van der Waals surface area contributed by atoms with Crippen molar-refractivity contribution in [2.75, 3.05) is 13.2 Å². The maximum absolute atomic E-state index is 15.2. The number of hydrogen-bond acceptors (Lipinski definition) is 26. The Hall–Kier alpha value is -2.24. The first-order valence-electron chi connectivity index (χ1n) is 31.0. The van der Waals surface area contributed by atoms with Gasteiger partial charge in [0.05, 0.1) is 36.9 Å². The van der Waals surface area contributed by atoms with Crippen LogP contribution in [0.4, 0.5) is 0 Å². The number of carboxylic acid groups (broad SMARTS) is 1. The van der Waals surface area contributed by atoms with Gasteiger partial charge in [-0.3, -0.25) is 4.79 Å². The first-order chi connectivity index (χ1) is 40.6. The number of aliphatic hydroxyl groups is 14. The Morgan fingerprint density at radius 2 is 1.09 bits per heavy atom. The molecule has 0 aromatic heterocycles. The molecule has 5 aliphatic heterocycles. The number of fused-ring (bicyclic) bond motifs is 7. The van der Waals surface area contributed by atoms with E-state index in [1.54, 1.807) is 0 Å². The molecule has 27 nitrogen and oxygen atoms in total. The van der Waals surface area contributed by atoms with Crippen molar-refractivity contribution in [3.63, 3.8) is 0 Å². The van der Waals surface area contributed by atoms with E-state index in [-0.39, 0.29) is 34.0 Å². The summed E-state index contributed by atoms with van der Waals surface area (Å²) in [4.78, 5) is 27.8. The average molecular weight is 1250 g/mol. The van der Waals surface area contributed by atoms with E-state index in [9.17, 15) is 81.4 Å². The van der Waals surface area contributed by atoms with Crippen LogP contribution in [-0.4, -0.2) is 261 Å². The first kappa shape index (κ1) is 67.6. The summed E-state index contributed by atoms with van der Waals surface area (Å²) in [5, 5.41) is 162. The van der Waals surface area contributed by atoms with Gasteiger partial charge in [-0.05, 0) is 123 Å². The topological polar surface area (TPSA) is 430 Å². The summed E-state index contributed by atoms with van der Waals surface area (Å²) in [5.74, 6) is -2.27. The summed E-state index contributed by atoms with van der Waals surface area (Å²) >= 11 is 0. The smallest absolute Gasteiger partial charge is 0.335 e. The molecule has 5 saturated heterocycles. The summed E-state index contributed by atoms with van der Waals surface area (Å²) in [6.07, 6.45) is -33.4. The molecule has 0 bridgehead atoms. The normalized spacial score (nSPS) is 54.0. The van der Waals surface area contributed by atoms with Crippen LogP contribution in [0.2, 0.25) is 0 Å². The van der Waals surface area contributed by atoms with Crippen molar-refractivity contribution in [2.24, 2.45) is 50.2 Å². The largest absolute Gasteiger partial charge is 0.479 e. The minimum absolute atomic E-state index is 0.0528. The predicted molar refractivity (Wildman–Crippen MR) is 293 cm³/mol. The third-order valence-electron chi connectivity index (χ3n) is 23.4. The van der Waals surface area contributed by atoms with E-state index in [0.717, 1.165) is 12.8 Å². The van der Waals surface area contributed by atoms with Gasteiger partial charge in [0.1, 0.15) is 104 Å². The molecule has 10 rings (SSSR count). The summed E-state index contributed by atoms with van der Waals surface area (Å²) in [6, 6.07) is 0. The molecule has 5 heterocycles. The number of ether oxygens (including phenoxy) is 10. The fourth-order valence-electron chi connectivity index (χ4n) is 17.8. The van der Waals surface area contributed by atoms with Crippen LogP contribution >= 0.6 is 0 Å². The van der Waals surface area contributed by atoms with Gasteiger partial charge in [-0.25, -0.2) is 4.79 Å². The number of carboxylic acids is 1. The van der Waals surface area contributed by atoms with Gasteiger partial charge in [-0.1, -0.05) is 60.1 Å². The molecule has 498 valence electrons. The summed E-state index contributed by atoms with van der Waals surface area (Å²) in [6.45, 7) is 17.0. The monoisotopic (exact) mass is 1250 g/mol. The second-order valence-corrected chi connectivity index (χ2v) is 29.1. The van der Waals surface area contributed by atoms with Crippen molar-refractivity contribution in [3.8, 4) is 0 Å². The Labute approximate surface area is 505 Å². The third-order valence-corrected chi connectivity index (χ3v) is 23.4. The van der Waals surface area contributed by atoms with Crippen LogP contribution in [0.3, 0.4) is 0 Å². The first-order valence-corrected chi connectivity index (χ1v) is 31.0. The fraction of sp³-hybridized carbons (Fsp3) is 0.933. The van der Waals surface area contributed by atoms with Crippen molar-refractivity contribution in [1.82, 2.24) is 0 Å². The Morgan fingerprint density at radius 1 is 0.540 bits per heavy atom. The van der Waals surface area contributed by atoms with Crippen LogP contribution in [-0.2, 0) is 57.0 Å². The Bertz CT molecular complexity index is 2480. The van der Waals surface area contributed by atoms with E-state index in [1.807, 2.05) is 0 Å². The number of allylic oxidation sites excluding steroid dienone is 2. The number of hydrogen-bond donors (Lipinski definition) is 15. The average Bonchev–Trinajstić information content (AvgIpc) is 0.684. The lowest BCUT2D eigenvalue weighted by molar-refractivity contribution is -0.363. The summed E-state index contributed by atoms with van der Waals surface area (Å²) in [7, 11) is 0. The van der Waals surface area contributed by atoms with Crippen LogP contribution in [0.1, 0.15) is 127 Å². The van der Waals surface area contributed by atoms with Gasteiger partial charge in [0, 0.05) is 0 Å². The molecule has 33 atom stereocenters. The maximum Gasteiger partial charge on any atom is 0.335 e. The van der Waals surface area contributed by atoms with Gasteiger partial charge in [-0.15, -0.1) is 0 Å². The lowest BCUT2D eigenvalue weighted by Crippen LogP contribution is -2.67. The molecule has 27 heteroatoms. The van der Waals surface area contributed by atoms with Crippen LogP contribution in [0.25, 0.3) is 0 Å². The zero-order chi connectivity index (χ0) is 63.7. The number of aliphatic carboxylic acids is 1. The summed E-state index contributed by atoms with van der Waals surface area (Å²) < 4.78 is 58.8. The highest BCUT2D eigenvalue weighted by atomic mass is 16.8. The minimum Gasteiger partial charge on any atom is -0.479 e. The van der Waals surface area contributed by atoms with Crippen LogP contribution < -0.4 is 0 Å². The van der Waals surface area contributed by atoms with Crippen molar-refractivity contribution in [1.29, 1.82) is 0 Å². The number of esters is 1. The molecular formula is C60H96O27. The third kappa shape index (κ3) is 11.4. The van der Waals surface area contributed by atoms with E-state index >= 15 is 4.79 Å². The van der Waals surface area contributed by atoms with Crippen molar-refractivity contribution >= 4 is 11.9 Å². The van der Waals surface area contributed by atoms with Crippen LogP contribution in [0.15, 0.2) is 11.6 Å². The molecule has 0 spiro atoms. The summed E-state index contributed by atoms with van der Waals surface area (Å²) in [5.41, 5.74) is -1.60. The molecule has 5 aliphatic carbocycles. The van der Waals surface area contributed by atoms with E-state index in [0.29, 0.717) is 51.4 Å². The zero-order valence-electron chi connectivity index (χ0n) is 50.9. The minimum atomic E-state index is -1.95. The number of rotatable bonds is 13. The lowest BCUT2D eigenvalue weighted by Gasteiger charge is -2.71. The second-order valence-electron chi connectivity index (χ2n) is 29.1. The van der Waals surface area contributed by atoms with E-state index in [2.05, 4.69) is 54.5 Å². The van der Waals surface area contributed by atoms with Crippen molar-refractivity contribution in [3.05, 3.63) is 11.6 Å². The number of carbonyl (C=O) groups is 2. The zero-order valence-corrected chi connectivity index (χ0v) is 50.9. The Balaban J connectivity index is 0.826. The van der Waals surface area contributed by atoms with Gasteiger partial charge >= 0.3 is 11.9 Å². The molecular weight excluding hydrogens is 1150 g/mol. The van der Waals surface area contributed by atoms with Gasteiger partial charge in [0.25, 0.3) is 0 Å². The van der Waals surface area contributed by atoms with E-state index in [1.165, 1.54) is 19.4 Å². The van der Waals surface area contributed by atoms with Gasteiger partial charge < -0.3 is 124 Å². The molecule has 87 heavy (non-hydrogen) atoms. The highest BCUT2D eigenvalue weighted by Crippen LogP contribution is 2.76. The number of carbonyl (C=O) groups excluding carboxylic acids is 1. The predicted octanol–water partition coefficient (Wildman–Crippen LogP) is -2.06. The van der Waals surface area contributed by atoms with Crippen molar-refractivity contribution < 1.29 is 134 Å². The molecule has 0 aromatic carbocycles. The Morgan fingerprint density at radius 3 is 1.70 bits per heavy atom. The van der Waals surface area contributed by atoms with E-state index in [4.69, 9.17) is 47.4 Å². The van der Waals surface area contributed by atoms with Gasteiger partial charge in [0.2, 0.25) is 6.29 Å². The molecule has 4 saturated carbocycles. The van der Waals surface area contributed by atoms with Crippen molar-refractivity contribution in [2.45, 2.75) is 286 Å². The SMILES string of the molecule is C[C@@H]1O[C@@H](O[C@@H]2[C@@H](O)[C@H](O[C@H]3CC[C@@]4(C)C(CC[C@]5(C)[C@@H]4CC=C4[C@H]6CC(C)(C)CC[C@]6(C(=O)O[C@@H]6O[C@H](CO[C@@H]7O[C@H](CO)[C@@H](O[C@@H]8O[C@@H](C)[C@H](O)[C@@H](O)[C@H]8O)[C@H](O)[C@H]7O)[C@@H](O)[C@H](O)[C@H]6O)CC[C@]45C)C3(C)C)O[C@H](C(=O)O)[C@H]2O)[C@H](O)[C@H](O)[C@H]1O. The van der Waals surface area contributed by atoms with Gasteiger partial charge in [0.15, 0.2) is 31.3 Å².